The van der Waals surface area contributed by atoms with Crippen LogP contribution >= 0.6 is 0 Å². The first-order chi connectivity index (χ1) is 8.09. The molecule has 0 N–H and O–H groups in total. The van der Waals surface area contributed by atoms with E-state index in [1.807, 2.05) is 0 Å². The van der Waals surface area contributed by atoms with Crippen LogP contribution in [0.4, 0.5) is 0 Å². The van der Waals surface area contributed by atoms with Gasteiger partial charge in [-0.3, -0.25) is 0 Å². The van der Waals surface area contributed by atoms with Gasteiger partial charge >= 0.3 is 5.97 Å². The van der Waals surface area contributed by atoms with E-state index in [1.54, 1.807) is 6.92 Å². The second kappa shape index (κ2) is 14.2. The van der Waals surface area contributed by atoms with Crippen molar-refractivity contribution in [2.75, 3.05) is 6.23 Å². The van der Waals surface area contributed by atoms with Crippen molar-refractivity contribution in [2.45, 2.75) is 88.6 Å². The molecule has 0 aliphatic carbocycles. The molecule has 0 bridgehead atoms. The van der Waals surface area contributed by atoms with E-state index in [1.165, 1.54) is 18.9 Å². The van der Waals surface area contributed by atoms with E-state index in [0.29, 0.717) is 11.8 Å². The average molecular weight is 353 g/mol. The molecule has 22 heavy (non-hydrogen) atoms. The van der Waals surface area contributed by atoms with E-state index in [-0.39, 0.29) is 35.7 Å². The third-order valence-corrected chi connectivity index (χ3v) is 9.40. The highest BCUT2D eigenvalue weighted by Gasteiger charge is 2.33. The summed E-state index contributed by atoms with van der Waals surface area (Å²) in [6.45, 7) is 16.2. The summed E-state index contributed by atoms with van der Waals surface area (Å²) >= 11 is 0. The van der Waals surface area contributed by atoms with Crippen LogP contribution in [0.5, 0.6) is 0 Å². The standard InChI is InChI=1S/C13H28O3Si2.4CH4/c1-8-9-10-17(4,5)16-18(6,7)11-15-13(14)12(2)3;;;;/h2,8-11H2,1,3-7H3;4*1H4. The van der Waals surface area contributed by atoms with Crippen LogP contribution in [0.25, 0.3) is 0 Å². The van der Waals surface area contributed by atoms with Crippen LogP contribution in [0.15, 0.2) is 12.2 Å². The molecule has 0 rings (SSSR count). The molecule has 0 aliphatic heterocycles. The number of hydrogen-bond donors (Lipinski definition) is 0. The summed E-state index contributed by atoms with van der Waals surface area (Å²) in [5.41, 5.74) is 0.447. The predicted molar refractivity (Wildman–Crippen MR) is 108 cm³/mol. The summed E-state index contributed by atoms with van der Waals surface area (Å²) in [7, 11) is -3.53. The summed E-state index contributed by atoms with van der Waals surface area (Å²) < 4.78 is 11.6. The Bertz CT molecular complexity index is 300. The fraction of sp³-hybridized carbons (Fsp3) is 0.824. The normalized spacial score (nSPS) is 10.1. The number of unbranched alkanes of at least 4 members (excludes halogenated alkanes) is 1. The van der Waals surface area contributed by atoms with Gasteiger partial charge in [-0.1, -0.05) is 56.1 Å². The number of ether oxygens (including phenoxy) is 1. The van der Waals surface area contributed by atoms with Gasteiger partial charge in [-0.05, 0) is 39.2 Å². The number of carbonyl (C=O) groups is 1. The molecule has 138 valence electrons. The molecule has 0 unspecified atom stereocenters. The summed E-state index contributed by atoms with van der Waals surface area (Å²) in [5, 5.41) is 0. The molecule has 0 amide bonds. The van der Waals surface area contributed by atoms with Gasteiger partial charge in [0.15, 0.2) is 8.32 Å². The molecule has 0 heterocycles. The van der Waals surface area contributed by atoms with Crippen LogP contribution in [-0.2, 0) is 13.6 Å². The number of rotatable bonds is 8. The molecule has 0 radical (unpaired) electrons. The maximum Gasteiger partial charge on any atom is 0.332 e. The lowest BCUT2D eigenvalue weighted by molar-refractivity contribution is -0.137. The zero-order valence-corrected chi connectivity index (χ0v) is 14.8. The van der Waals surface area contributed by atoms with Gasteiger partial charge in [0.05, 0.1) is 0 Å². The Balaban J connectivity index is -0.000000241. The van der Waals surface area contributed by atoms with Gasteiger partial charge in [0.2, 0.25) is 8.32 Å². The van der Waals surface area contributed by atoms with Crippen molar-refractivity contribution < 1.29 is 13.6 Å². The molecule has 0 saturated carbocycles. The second-order valence-corrected chi connectivity index (χ2v) is 14.7. The Kier molecular flexibility index (Phi) is 21.5. The molecular formula is C17H44O3Si2. The predicted octanol–water partition coefficient (Wildman–Crippen LogP) is 6.42. The van der Waals surface area contributed by atoms with Gasteiger partial charge in [-0.2, -0.15) is 0 Å². The Morgan fingerprint density at radius 3 is 1.82 bits per heavy atom. The molecule has 0 spiro atoms. The molecule has 0 aromatic rings. The highest BCUT2D eigenvalue weighted by atomic mass is 28.4. The van der Waals surface area contributed by atoms with E-state index < -0.39 is 16.6 Å². The van der Waals surface area contributed by atoms with Gasteiger partial charge in [-0.15, -0.1) is 0 Å². The molecule has 0 aliphatic rings. The van der Waals surface area contributed by atoms with Crippen LogP contribution in [0.3, 0.4) is 0 Å². The van der Waals surface area contributed by atoms with Crippen molar-refractivity contribution in [3.63, 3.8) is 0 Å². The number of hydrogen-bond acceptors (Lipinski definition) is 3. The summed E-state index contributed by atoms with van der Waals surface area (Å²) in [6.07, 6.45) is 2.84. The third-order valence-electron chi connectivity index (χ3n) is 2.58. The zero-order chi connectivity index (χ0) is 14.4. The molecule has 0 aromatic carbocycles. The van der Waals surface area contributed by atoms with Gasteiger partial charge in [0.25, 0.3) is 0 Å². The largest absolute Gasteiger partial charge is 0.463 e. The van der Waals surface area contributed by atoms with Gasteiger partial charge in [0, 0.05) is 5.57 Å². The van der Waals surface area contributed by atoms with E-state index >= 15 is 0 Å². The lowest BCUT2D eigenvalue weighted by Gasteiger charge is -2.33. The molecule has 5 heteroatoms. The first-order valence-electron chi connectivity index (χ1n) is 6.62. The second-order valence-electron chi connectivity index (χ2n) is 6.08. The van der Waals surface area contributed by atoms with Crippen molar-refractivity contribution >= 4 is 22.6 Å². The van der Waals surface area contributed by atoms with Crippen LogP contribution in [0.2, 0.25) is 32.2 Å². The van der Waals surface area contributed by atoms with Crippen LogP contribution in [0.1, 0.15) is 56.4 Å². The SMILES string of the molecule is C.C.C.C.C=C(C)C(=O)OC[Si](C)(C)O[Si](C)(C)CCCC. The lowest BCUT2D eigenvalue weighted by atomic mass is 10.4. The average Bonchev–Trinajstić information content (AvgIpc) is 2.21. The Morgan fingerprint density at radius 2 is 1.45 bits per heavy atom. The molecule has 0 atom stereocenters. The zero-order valence-electron chi connectivity index (χ0n) is 12.8. The van der Waals surface area contributed by atoms with E-state index in [2.05, 4.69) is 39.7 Å². The van der Waals surface area contributed by atoms with Gasteiger partial charge < -0.3 is 8.85 Å². The monoisotopic (exact) mass is 352 g/mol. The Hall–Kier alpha value is -0.396. The smallest absolute Gasteiger partial charge is 0.332 e. The maximum atomic E-state index is 11.4. The quantitative estimate of drug-likeness (QED) is 0.287. The minimum atomic E-state index is -1.92. The maximum absolute atomic E-state index is 11.4. The van der Waals surface area contributed by atoms with Crippen molar-refractivity contribution in [3.8, 4) is 0 Å². The van der Waals surface area contributed by atoms with E-state index in [0.717, 1.165) is 0 Å². The first-order valence-corrected chi connectivity index (χ1v) is 12.9. The van der Waals surface area contributed by atoms with Crippen LogP contribution < -0.4 is 0 Å². The van der Waals surface area contributed by atoms with E-state index in [9.17, 15) is 4.79 Å². The number of esters is 1. The minimum Gasteiger partial charge on any atom is -0.463 e. The molecular weight excluding hydrogens is 308 g/mol. The van der Waals surface area contributed by atoms with E-state index in [4.69, 9.17) is 8.85 Å². The number of carbonyl (C=O) groups excluding carboxylic acids is 1. The lowest BCUT2D eigenvalue weighted by Crippen LogP contribution is -2.48. The topological polar surface area (TPSA) is 35.5 Å². The minimum absolute atomic E-state index is 0. The van der Waals surface area contributed by atoms with Gasteiger partial charge in [-0.25, -0.2) is 4.79 Å². The fourth-order valence-electron chi connectivity index (χ4n) is 1.79. The molecule has 3 nitrogen and oxygen atoms in total. The molecule has 0 aromatic heterocycles. The molecule has 0 saturated heterocycles. The van der Waals surface area contributed by atoms with Crippen molar-refractivity contribution in [3.05, 3.63) is 12.2 Å². The summed E-state index contributed by atoms with van der Waals surface area (Å²) in [5.74, 6) is -0.313. The van der Waals surface area contributed by atoms with Crippen molar-refractivity contribution in [1.29, 1.82) is 0 Å². The highest BCUT2D eigenvalue weighted by molar-refractivity contribution is 6.84. The Morgan fingerprint density at radius 1 is 1.00 bits per heavy atom. The Labute approximate surface area is 143 Å². The molecule has 0 fully saturated rings. The highest BCUT2D eigenvalue weighted by Crippen LogP contribution is 2.21. The summed E-state index contributed by atoms with van der Waals surface area (Å²) in [4.78, 5) is 11.4. The van der Waals surface area contributed by atoms with Crippen LogP contribution in [0, 0.1) is 0 Å². The van der Waals surface area contributed by atoms with Crippen molar-refractivity contribution in [2.24, 2.45) is 0 Å². The van der Waals surface area contributed by atoms with Gasteiger partial charge in [0.1, 0.15) is 6.23 Å². The summed E-state index contributed by atoms with van der Waals surface area (Å²) in [6, 6.07) is 1.17. The third kappa shape index (κ3) is 16.0. The first kappa shape index (κ1) is 33.3. The fourth-order valence-corrected chi connectivity index (χ4v) is 10.1. The van der Waals surface area contributed by atoms with Crippen LogP contribution in [-0.4, -0.2) is 28.8 Å². The van der Waals surface area contributed by atoms with Crippen molar-refractivity contribution in [1.82, 2.24) is 0 Å².